The molecule has 1 saturated heterocycles. The minimum atomic E-state index is -0.123. The number of aryl methyl sites for hydroxylation is 1. The lowest BCUT2D eigenvalue weighted by molar-refractivity contribution is -0.113. The van der Waals surface area contributed by atoms with Crippen molar-refractivity contribution in [1.29, 1.82) is 0 Å². The molecule has 9 heteroatoms. The summed E-state index contributed by atoms with van der Waals surface area (Å²) in [4.78, 5) is 28.1. The maximum absolute atomic E-state index is 12.4. The summed E-state index contributed by atoms with van der Waals surface area (Å²) in [7, 11) is 0. The van der Waals surface area contributed by atoms with Crippen molar-refractivity contribution in [1.82, 2.24) is 15.0 Å². The van der Waals surface area contributed by atoms with Gasteiger partial charge in [0.2, 0.25) is 5.91 Å². The topological polar surface area (TPSA) is 71.0 Å². The lowest BCUT2D eigenvalue weighted by Gasteiger charge is -2.30. The van der Waals surface area contributed by atoms with E-state index >= 15 is 0 Å². The molecule has 1 aromatic carbocycles. The van der Waals surface area contributed by atoms with Gasteiger partial charge in [-0.3, -0.25) is 4.79 Å². The number of nitrogens with one attached hydrogen (secondary N) is 1. The molecule has 1 N–H and O–H groups in total. The SMILES string of the molecule is Cc1ccc(NC(=O)CSc2ncnc3nc(N4CCC[C@H](C)C4)sc23)c(Cl)c1. The summed E-state index contributed by atoms with van der Waals surface area (Å²) in [5.41, 5.74) is 2.37. The highest BCUT2D eigenvalue weighted by Gasteiger charge is 2.21. The molecule has 152 valence electrons. The van der Waals surface area contributed by atoms with Gasteiger partial charge in [-0.2, -0.15) is 4.98 Å². The van der Waals surface area contributed by atoms with Crippen LogP contribution < -0.4 is 10.2 Å². The number of thioether (sulfide) groups is 1. The Labute approximate surface area is 183 Å². The van der Waals surface area contributed by atoms with Gasteiger partial charge in [0.05, 0.1) is 16.5 Å². The van der Waals surface area contributed by atoms with Crippen molar-refractivity contribution in [2.24, 2.45) is 5.92 Å². The smallest absolute Gasteiger partial charge is 0.234 e. The average Bonchev–Trinajstić information content (AvgIpc) is 3.13. The molecule has 1 fully saturated rings. The Hall–Kier alpha value is -1.90. The van der Waals surface area contributed by atoms with Gasteiger partial charge in [0.15, 0.2) is 10.8 Å². The third-order valence-electron chi connectivity index (χ3n) is 4.81. The van der Waals surface area contributed by atoms with E-state index in [-0.39, 0.29) is 11.7 Å². The fourth-order valence-corrected chi connectivity index (χ4v) is 5.57. The monoisotopic (exact) mass is 447 g/mol. The molecule has 1 amide bonds. The van der Waals surface area contributed by atoms with Crippen molar-refractivity contribution >= 4 is 61.8 Å². The molecule has 0 bridgehead atoms. The van der Waals surface area contributed by atoms with E-state index in [0.717, 1.165) is 33.5 Å². The molecule has 29 heavy (non-hydrogen) atoms. The van der Waals surface area contributed by atoms with Crippen LogP contribution in [0.5, 0.6) is 0 Å². The summed E-state index contributed by atoms with van der Waals surface area (Å²) >= 11 is 9.20. The number of nitrogens with zero attached hydrogens (tertiary/aromatic N) is 4. The number of piperidine rings is 1. The summed E-state index contributed by atoms with van der Waals surface area (Å²) in [5.74, 6) is 0.791. The maximum Gasteiger partial charge on any atom is 0.234 e. The highest BCUT2D eigenvalue weighted by molar-refractivity contribution is 8.00. The number of rotatable bonds is 5. The first-order valence-electron chi connectivity index (χ1n) is 9.55. The third-order valence-corrected chi connectivity index (χ3v) is 7.36. The first-order chi connectivity index (χ1) is 14.0. The summed E-state index contributed by atoms with van der Waals surface area (Å²) < 4.78 is 0.937. The number of aromatic nitrogens is 3. The second-order valence-electron chi connectivity index (χ2n) is 7.34. The largest absolute Gasteiger partial charge is 0.348 e. The average molecular weight is 448 g/mol. The number of hydrogen-bond donors (Lipinski definition) is 1. The van der Waals surface area contributed by atoms with Crippen LogP contribution in [-0.2, 0) is 4.79 Å². The number of anilines is 2. The lowest BCUT2D eigenvalue weighted by Crippen LogP contribution is -2.34. The quantitative estimate of drug-likeness (QED) is 0.437. The zero-order chi connectivity index (χ0) is 20.4. The van der Waals surface area contributed by atoms with Crippen LogP contribution in [0.2, 0.25) is 5.02 Å². The van der Waals surface area contributed by atoms with Crippen molar-refractivity contribution in [3.63, 3.8) is 0 Å². The molecule has 0 spiro atoms. The summed E-state index contributed by atoms with van der Waals surface area (Å²) in [6.45, 7) is 6.29. The number of benzene rings is 1. The van der Waals surface area contributed by atoms with Gasteiger partial charge in [0.1, 0.15) is 16.1 Å². The minimum absolute atomic E-state index is 0.123. The number of carbonyl (C=O) groups excluding carboxylic acids is 1. The van der Waals surface area contributed by atoms with Crippen molar-refractivity contribution < 1.29 is 4.79 Å². The number of hydrogen-bond acceptors (Lipinski definition) is 7. The predicted octanol–water partition coefficient (Wildman–Crippen LogP) is 5.02. The normalized spacial score (nSPS) is 16.9. The maximum atomic E-state index is 12.4. The Kier molecular flexibility index (Phi) is 6.22. The van der Waals surface area contributed by atoms with Crippen LogP contribution >= 0.6 is 34.7 Å². The number of thiazole rings is 1. The van der Waals surface area contributed by atoms with E-state index in [1.807, 2.05) is 25.1 Å². The lowest BCUT2D eigenvalue weighted by atomic mass is 10.0. The fraction of sp³-hybridized carbons (Fsp3) is 0.400. The molecular formula is C20H22ClN5OS2. The molecule has 0 aliphatic carbocycles. The summed E-state index contributed by atoms with van der Waals surface area (Å²) in [5, 5.41) is 5.18. The molecule has 1 atom stereocenters. The minimum Gasteiger partial charge on any atom is -0.348 e. The van der Waals surface area contributed by atoms with Gasteiger partial charge in [0.25, 0.3) is 0 Å². The van der Waals surface area contributed by atoms with Gasteiger partial charge in [-0.15, -0.1) is 0 Å². The summed E-state index contributed by atoms with van der Waals surface area (Å²) in [6, 6.07) is 5.57. The van der Waals surface area contributed by atoms with E-state index in [1.165, 1.54) is 30.9 Å². The highest BCUT2D eigenvalue weighted by Crippen LogP contribution is 2.35. The van der Waals surface area contributed by atoms with Crippen LogP contribution in [0.4, 0.5) is 10.8 Å². The van der Waals surface area contributed by atoms with E-state index in [2.05, 4.69) is 27.1 Å². The zero-order valence-corrected chi connectivity index (χ0v) is 18.7. The third kappa shape index (κ3) is 4.82. The Morgan fingerprint density at radius 3 is 3.07 bits per heavy atom. The van der Waals surface area contributed by atoms with Gasteiger partial charge in [-0.25, -0.2) is 9.97 Å². The van der Waals surface area contributed by atoms with Crippen LogP contribution in [-0.4, -0.2) is 39.7 Å². The molecule has 3 heterocycles. The Morgan fingerprint density at radius 2 is 2.28 bits per heavy atom. The summed E-state index contributed by atoms with van der Waals surface area (Å²) in [6.07, 6.45) is 3.97. The Morgan fingerprint density at radius 1 is 1.41 bits per heavy atom. The van der Waals surface area contributed by atoms with E-state index in [9.17, 15) is 4.79 Å². The first-order valence-corrected chi connectivity index (χ1v) is 11.7. The number of fused-ring (bicyclic) bond motifs is 1. The van der Waals surface area contributed by atoms with Gasteiger partial charge in [-0.05, 0) is 43.4 Å². The Bertz CT molecular complexity index is 1040. The van der Waals surface area contributed by atoms with Crippen molar-refractivity contribution in [2.45, 2.75) is 31.7 Å². The second kappa shape index (κ2) is 8.85. The fourth-order valence-electron chi connectivity index (χ4n) is 3.37. The van der Waals surface area contributed by atoms with E-state index in [4.69, 9.17) is 16.6 Å². The van der Waals surface area contributed by atoms with E-state index in [1.54, 1.807) is 11.3 Å². The highest BCUT2D eigenvalue weighted by atomic mass is 35.5. The molecule has 0 saturated carbocycles. The van der Waals surface area contributed by atoms with Crippen LogP contribution in [0.3, 0.4) is 0 Å². The molecule has 3 aromatic rings. The Balaban J connectivity index is 1.45. The molecule has 4 rings (SSSR count). The number of halogens is 1. The second-order valence-corrected chi connectivity index (χ2v) is 9.69. The van der Waals surface area contributed by atoms with Gasteiger partial charge in [0, 0.05) is 13.1 Å². The van der Waals surface area contributed by atoms with E-state index in [0.29, 0.717) is 22.3 Å². The number of carbonyl (C=O) groups is 1. The molecule has 0 radical (unpaired) electrons. The van der Waals surface area contributed by atoms with Crippen molar-refractivity contribution in [2.75, 3.05) is 29.1 Å². The van der Waals surface area contributed by atoms with Crippen LogP contribution in [0.1, 0.15) is 25.3 Å². The molecular weight excluding hydrogens is 426 g/mol. The van der Waals surface area contributed by atoms with Gasteiger partial charge < -0.3 is 10.2 Å². The van der Waals surface area contributed by atoms with Crippen molar-refractivity contribution in [3.8, 4) is 0 Å². The van der Waals surface area contributed by atoms with Crippen molar-refractivity contribution in [3.05, 3.63) is 35.1 Å². The van der Waals surface area contributed by atoms with Crippen LogP contribution in [0.25, 0.3) is 10.3 Å². The standard InChI is InChI=1S/C20H22ClN5OS2/c1-12-5-6-15(14(21)8-12)24-16(27)10-28-19-17-18(22-11-23-19)25-20(29-17)26-7-3-4-13(2)9-26/h5-6,8,11,13H,3-4,7,9-10H2,1-2H3,(H,24,27)/t13-/m0/s1. The number of amides is 1. The zero-order valence-electron chi connectivity index (χ0n) is 16.3. The molecule has 1 aliphatic rings. The van der Waals surface area contributed by atoms with Gasteiger partial charge in [-0.1, -0.05) is 47.7 Å². The van der Waals surface area contributed by atoms with Gasteiger partial charge >= 0.3 is 0 Å². The molecule has 0 unspecified atom stereocenters. The predicted molar refractivity (Wildman–Crippen MR) is 121 cm³/mol. The van der Waals surface area contributed by atoms with E-state index < -0.39 is 0 Å². The first kappa shape index (κ1) is 20.4. The molecule has 2 aromatic heterocycles. The molecule has 6 nitrogen and oxygen atoms in total. The van der Waals surface area contributed by atoms with Crippen LogP contribution in [0.15, 0.2) is 29.6 Å². The molecule has 1 aliphatic heterocycles. The van der Waals surface area contributed by atoms with Crippen LogP contribution in [0, 0.1) is 12.8 Å².